The molecule has 1 aromatic heterocycles. The third-order valence-electron chi connectivity index (χ3n) is 5.67. The number of amides is 2. The maximum atomic E-state index is 12.9. The lowest BCUT2D eigenvalue weighted by atomic mass is 9.84. The zero-order valence-electron chi connectivity index (χ0n) is 15.6. The van der Waals surface area contributed by atoms with Gasteiger partial charge in [-0.1, -0.05) is 36.8 Å². The maximum absolute atomic E-state index is 12.9. The molecule has 2 amide bonds. The summed E-state index contributed by atoms with van der Waals surface area (Å²) >= 11 is 0. The SMILES string of the molecule is O=C(Cn1ccnc1-c1ccccc1)N1CCCN(C(=O)C2CCC2)CC1. The fourth-order valence-corrected chi connectivity index (χ4v) is 3.83. The molecule has 0 N–H and O–H groups in total. The molecule has 4 rings (SSSR count). The number of carbonyl (C=O) groups is 2. The highest BCUT2D eigenvalue weighted by Crippen LogP contribution is 2.28. The Bertz CT molecular complexity index is 798. The van der Waals surface area contributed by atoms with E-state index in [4.69, 9.17) is 0 Å². The molecular weight excluding hydrogens is 340 g/mol. The van der Waals surface area contributed by atoms with Gasteiger partial charge in [-0.2, -0.15) is 0 Å². The minimum Gasteiger partial charge on any atom is -0.341 e. The van der Waals surface area contributed by atoms with Crippen LogP contribution in [0.25, 0.3) is 11.4 Å². The summed E-state index contributed by atoms with van der Waals surface area (Å²) in [6.45, 7) is 3.02. The quantitative estimate of drug-likeness (QED) is 0.835. The van der Waals surface area contributed by atoms with E-state index in [1.165, 1.54) is 6.42 Å². The minimum atomic E-state index is 0.0862. The van der Waals surface area contributed by atoms with E-state index >= 15 is 0 Å². The van der Waals surface area contributed by atoms with Crippen LogP contribution >= 0.6 is 0 Å². The monoisotopic (exact) mass is 366 g/mol. The first-order valence-corrected chi connectivity index (χ1v) is 9.85. The molecule has 0 atom stereocenters. The second-order valence-corrected chi connectivity index (χ2v) is 7.43. The van der Waals surface area contributed by atoms with Crippen molar-refractivity contribution in [2.24, 2.45) is 5.92 Å². The van der Waals surface area contributed by atoms with Crippen LogP contribution in [0.4, 0.5) is 0 Å². The van der Waals surface area contributed by atoms with Gasteiger partial charge in [-0.25, -0.2) is 4.98 Å². The molecule has 1 saturated carbocycles. The Morgan fingerprint density at radius 1 is 0.963 bits per heavy atom. The van der Waals surface area contributed by atoms with Gasteiger partial charge in [-0.15, -0.1) is 0 Å². The third-order valence-corrected chi connectivity index (χ3v) is 5.67. The van der Waals surface area contributed by atoms with Crippen LogP contribution in [0.15, 0.2) is 42.7 Å². The van der Waals surface area contributed by atoms with Crippen molar-refractivity contribution in [2.45, 2.75) is 32.2 Å². The first-order valence-electron chi connectivity index (χ1n) is 9.85. The molecule has 0 bridgehead atoms. The standard InChI is InChI=1S/C21H26N4O2/c26-19(16-25-13-10-22-20(25)17-6-2-1-3-7-17)23-11-5-12-24(15-14-23)21(27)18-8-4-9-18/h1-3,6-7,10,13,18H,4-5,8-9,11-12,14-16H2. The zero-order chi connectivity index (χ0) is 18.6. The Labute approximate surface area is 159 Å². The predicted molar refractivity (Wildman–Crippen MR) is 103 cm³/mol. The molecule has 0 radical (unpaired) electrons. The predicted octanol–water partition coefficient (Wildman–Crippen LogP) is 2.41. The molecule has 27 heavy (non-hydrogen) atoms. The highest BCUT2D eigenvalue weighted by Gasteiger charge is 2.31. The molecule has 0 spiro atoms. The fourth-order valence-electron chi connectivity index (χ4n) is 3.83. The lowest BCUT2D eigenvalue weighted by Gasteiger charge is -2.31. The van der Waals surface area contributed by atoms with E-state index < -0.39 is 0 Å². The number of benzene rings is 1. The highest BCUT2D eigenvalue weighted by atomic mass is 16.2. The van der Waals surface area contributed by atoms with Gasteiger partial charge in [-0.3, -0.25) is 9.59 Å². The van der Waals surface area contributed by atoms with Gasteiger partial charge in [0, 0.05) is 50.1 Å². The number of nitrogens with zero attached hydrogens (tertiary/aromatic N) is 4. The molecule has 0 unspecified atom stereocenters. The average Bonchev–Trinajstić information content (AvgIpc) is 2.95. The molecule has 2 heterocycles. The van der Waals surface area contributed by atoms with Crippen LogP contribution in [0.3, 0.4) is 0 Å². The van der Waals surface area contributed by atoms with Crippen LogP contribution in [-0.4, -0.2) is 57.3 Å². The Kier molecular flexibility index (Phi) is 5.23. The number of imidazole rings is 1. The summed E-state index contributed by atoms with van der Waals surface area (Å²) < 4.78 is 1.90. The molecule has 1 aliphatic heterocycles. The third kappa shape index (κ3) is 3.89. The van der Waals surface area contributed by atoms with Gasteiger partial charge in [0.05, 0.1) is 0 Å². The second kappa shape index (κ2) is 7.94. The lowest BCUT2D eigenvalue weighted by molar-refractivity contribution is -0.138. The summed E-state index contributed by atoms with van der Waals surface area (Å²) in [4.78, 5) is 33.6. The molecule has 142 valence electrons. The number of hydrogen-bond acceptors (Lipinski definition) is 3. The van der Waals surface area contributed by atoms with E-state index in [1.54, 1.807) is 6.20 Å². The van der Waals surface area contributed by atoms with E-state index in [2.05, 4.69) is 4.98 Å². The summed E-state index contributed by atoms with van der Waals surface area (Å²) in [7, 11) is 0. The summed E-state index contributed by atoms with van der Waals surface area (Å²) in [5.74, 6) is 1.41. The van der Waals surface area contributed by atoms with Crippen molar-refractivity contribution in [3.63, 3.8) is 0 Å². The first kappa shape index (κ1) is 17.8. The highest BCUT2D eigenvalue weighted by molar-refractivity contribution is 5.80. The summed E-state index contributed by atoms with van der Waals surface area (Å²) in [5.41, 5.74) is 1.00. The van der Waals surface area contributed by atoms with E-state index in [0.29, 0.717) is 19.6 Å². The van der Waals surface area contributed by atoms with Gasteiger partial charge in [0.15, 0.2) is 0 Å². The molecule has 1 aromatic carbocycles. The van der Waals surface area contributed by atoms with Crippen LogP contribution < -0.4 is 0 Å². The largest absolute Gasteiger partial charge is 0.341 e. The Balaban J connectivity index is 1.38. The number of carbonyl (C=O) groups excluding carboxylic acids is 2. The second-order valence-electron chi connectivity index (χ2n) is 7.43. The smallest absolute Gasteiger partial charge is 0.242 e. The lowest BCUT2D eigenvalue weighted by Crippen LogP contribution is -2.42. The molecule has 2 aliphatic rings. The Hall–Kier alpha value is -2.63. The van der Waals surface area contributed by atoms with E-state index in [9.17, 15) is 9.59 Å². The van der Waals surface area contributed by atoms with Crippen molar-refractivity contribution >= 4 is 11.8 Å². The molecule has 2 fully saturated rings. The van der Waals surface area contributed by atoms with Crippen LogP contribution in [0.2, 0.25) is 0 Å². The van der Waals surface area contributed by atoms with Gasteiger partial charge in [0.25, 0.3) is 0 Å². The van der Waals surface area contributed by atoms with Crippen LogP contribution in [0, 0.1) is 5.92 Å². The normalized spacial score (nSPS) is 18.1. The maximum Gasteiger partial charge on any atom is 0.242 e. The van der Waals surface area contributed by atoms with E-state index in [1.807, 2.05) is 50.9 Å². The van der Waals surface area contributed by atoms with Gasteiger partial charge < -0.3 is 14.4 Å². The van der Waals surface area contributed by atoms with Crippen LogP contribution in [0.5, 0.6) is 0 Å². The Morgan fingerprint density at radius 3 is 2.44 bits per heavy atom. The van der Waals surface area contributed by atoms with Crippen LogP contribution in [0.1, 0.15) is 25.7 Å². The molecule has 1 saturated heterocycles. The number of rotatable bonds is 4. The molecule has 2 aromatic rings. The van der Waals surface area contributed by atoms with Crippen molar-refractivity contribution in [3.05, 3.63) is 42.7 Å². The molecule has 1 aliphatic carbocycles. The summed E-state index contributed by atoms with van der Waals surface area (Å²) in [5, 5.41) is 0. The van der Waals surface area contributed by atoms with Crippen LogP contribution in [-0.2, 0) is 16.1 Å². The van der Waals surface area contributed by atoms with Crippen molar-refractivity contribution in [2.75, 3.05) is 26.2 Å². The van der Waals surface area contributed by atoms with Gasteiger partial charge in [-0.05, 0) is 19.3 Å². The zero-order valence-corrected chi connectivity index (χ0v) is 15.6. The topological polar surface area (TPSA) is 58.4 Å². The van der Waals surface area contributed by atoms with Gasteiger partial charge in [0.1, 0.15) is 12.4 Å². The van der Waals surface area contributed by atoms with Crippen molar-refractivity contribution < 1.29 is 9.59 Å². The minimum absolute atomic E-state index is 0.0862. The van der Waals surface area contributed by atoms with E-state index in [-0.39, 0.29) is 24.3 Å². The molecule has 6 nitrogen and oxygen atoms in total. The fraction of sp³-hybridized carbons (Fsp3) is 0.476. The van der Waals surface area contributed by atoms with Gasteiger partial charge >= 0.3 is 0 Å². The summed E-state index contributed by atoms with van der Waals surface area (Å²) in [6.07, 6.45) is 7.66. The van der Waals surface area contributed by atoms with Gasteiger partial charge in [0.2, 0.25) is 11.8 Å². The average molecular weight is 366 g/mol. The van der Waals surface area contributed by atoms with Crippen molar-refractivity contribution in [1.29, 1.82) is 0 Å². The van der Waals surface area contributed by atoms with Crippen molar-refractivity contribution in [1.82, 2.24) is 19.4 Å². The first-order chi connectivity index (χ1) is 13.2. The van der Waals surface area contributed by atoms with E-state index in [0.717, 1.165) is 37.2 Å². The number of hydrogen-bond donors (Lipinski definition) is 0. The molecule has 6 heteroatoms. The van der Waals surface area contributed by atoms with Crippen molar-refractivity contribution in [3.8, 4) is 11.4 Å². The number of aromatic nitrogens is 2. The molecular formula is C21H26N4O2. The summed E-state index contributed by atoms with van der Waals surface area (Å²) in [6, 6.07) is 9.91. The Morgan fingerprint density at radius 2 is 1.70 bits per heavy atom.